The van der Waals surface area contributed by atoms with Crippen LogP contribution in [0.2, 0.25) is 0 Å². The van der Waals surface area contributed by atoms with Crippen molar-refractivity contribution in [3.05, 3.63) is 74.3 Å². The van der Waals surface area contributed by atoms with Gasteiger partial charge in [-0.25, -0.2) is 14.2 Å². The van der Waals surface area contributed by atoms with Crippen molar-refractivity contribution in [2.24, 2.45) is 7.05 Å². The highest BCUT2D eigenvalue weighted by Crippen LogP contribution is 2.28. The molecule has 0 spiro atoms. The van der Waals surface area contributed by atoms with Crippen molar-refractivity contribution in [3.63, 3.8) is 0 Å². The Morgan fingerprint density at radius 3 is 2.48 bits per heavy atom. The smallest absolute Gasteiger partial charge is 0.280 e. The summed E-state index contributed by atoms with van der Waals surface area (Å²) in [4.78, 5) is 28.2. The van der Waals surface area contributed by atoms with Crippen LogP contribution in [-0.4, -0.2) is 14.1 Å². The van der Waals surface area contributed by atoms with Crippen molar-refractivity contribution >= 4 is 11.0 Å². The van der Waals surface area contributed by atoms with E-state index < -0.39 is 28.9 Å². The van der Waals surface area contributed by atoms with E-state index in [0.29, 0.717) is 11.6 Å². The van der Waals surface area contributed by atoms with Gasteiger partial charge in [0.1, 0.15) is 17.2 Å². The quantitative estimate of drug-likeness (QED) is 0.665. The molecule has 3 aromatic rings. The van der Waals surface area contributed by atoms with E-state index in [-0.39, 0.29) is 17.6 Å². The predicted molar refractivity (Wildman–Crippen MR) is 81.7 cm³/mol. The largest absolute Gasteiger partial charge is 0.433 e. The first-order valence-corrected chi connectivity index (χ1v) is 7.10. The molecule has 0 amide bonds. The lowest BCUT2D eigenvalue weighted by Gasteiger charge is -2.12. The molecule has 2 aromatic heterocycles. The molecule has 0 saturated heterocycles. The van der Waals surface area contributed by atoms with Gasteiger partial charge < -0.3 is 0 Å². The summed E-state index contributed by atoms with van der Waals surface area (Å²) in [7, 11) is 1.22. The Morgan fingerprint density at radius 2 is 1.84 bits per heavy atom. The van der Waals surface area contributed by atoms with Gasteiger partial charge in [-0.1, -0.05) is 12.1 Å². The molecule has 0 radical (unpaired) electrons. The number of alkyl halides is 3. The van der Waals surface area contributed by atoms with E-state index >= 15 is 0 Å². The van der Waals surface area contributed by atoms with Crippen LogP contribution in [0.1, 0.15) is 11.3 Å². The molecule has 0 saturated carbocycles. The number of rotatable bonds is 2. The molecule has 0 fully saturated rings. The summed E-state index contributed by atoms with van der Waals surface area (Å²) in [5, 5.41) is -0.133. The van der Waals surface area contributed by atoms with Crippen LogP contribution < -0.4 is 11.2 Å². The van der Waals surface area contributed by atoms with E-state index in [2.05, 4.69) is 4.98 Å². The third kappa shape index (κ3) is 3.04. The Bertz CT molecular complexity index is 1080. The molecular weight excluding hydrogens is 342 g/mol. The molecule has 0 aliphatic rings. The van der Waals surface area contributed by atoms with E-state index in [0.717, 1.165) is 15.2 Å². The van der Waals surface area contributed by atoms with Crippen molar-refractivity contribution in [1.82, 2.24) is 14.1 Å². The number of nitrogens with zero attached hydrogens (tertiary/aromatic N) is 3. The van der Waals surface area contributed by atoms with Gasteiger partial charge in [0.05, 0.1) is 11.9 Å². The second kappa shape index (κ2) is 5.83. The maximum atomic E-state index is 13.3. The Kier molecular flexibility index (Phi) is 3.94. The first kappa shape index (κ1) is 16.9. The predicted octanol–water partition coefficient (Wildman–Crippen LogP) is 2.30. The number of hydrogen-bond acceptors (Lipinski definition) is 3. The van der Waals surface area contributed by atoms with E-state index in [1.165, 1.54) is 31.3 Å². The molecule has 9 heteroatoms. The van der Waals surface area contributed by atoms with Gasteiger partial charge in [0.25, 0.3) is 5.56 Å². The zero-order chi connectivity index (χ0) is 18.4. The van der Waals surface area contributed by atoms with E-state index in [4.69, 9.17) is 0 Å². The van der Waals surface area contributed by atoms with E-state index in [9.17, 15) is 27.2 Å². The van der Waals surface area contributed by atoms with E-state index in [1.54, 1.807) is 0 Å². The normalized spacial score (nSPS) is 11.9. The Balaban J connectivity index is 2.22. The van der Waals surface area contributed by atoms with Gasteiger partial charge >= 0.3 is 11.9 Å². The maximum Gasteiger partial charge on any atom is 0.433 e. The minimum atomic E-state index is -4.69. The Labute approximate surface area is 137 Å². The maximum absolute atomic E-state index is 13.3. The summed E-state index contributed by atoms with van der Waals surface area (Å²) >= 11 is 0. The molecule has 3 rings (SSSR count). The zero-order valence-electron chi connectivity index (χ0n) is 12.8. The number of halogens is 4. The van der Waals surface area contributed by atoms with Crippen LogP contribution in [0, 0.1) is 5.82 Å². The number of benzene rings is 1. The molecule has 0 N–H and O–H groups in total. The molecule has 5 nitrogen and oxygen atoms in total. The van der Waals surface area contributed by atoms with Crippen LogP contribution >= 0.6 is 0 Å². The van der Waals surface area contributed by atoms with Crippen molar-refractivity contribution in [2.75, 3.05) is 0 Å². The fourth-order valence-electron chi connectivity index (χ4n) is 2.49. The first-order chi connectivity index (χ1) is 11.7. The fourth-order valence-corrected chi connectivity index (χ4v) is 2.49. The topological polar surface area (TPSA) is 56.9 Å². The van der Waals surface area contributed by atoms with Crippen molar-refractivity contribution < 1.29 is 17.6 Å². The van der Waals surface area contributed by atoms with Gasteiger partial charge in [-0.05, 0) is 29.8 Å². The number of aromatic nitrogens is 3. The lowest BCUT2D eigenvalue weighted by atomic mass is 10.2. The molecule has 0 unspecified atom stereocenters. The summed E-state index contributed by atoms with van der Waals surface area (Å²) in [6, 6.07) is 7.01. The zero-order valence-corrected chi connectivity index (χ0v) is 12.8. The second-order valence-corrected chi connectivity index (χ2v) is 5.43. The van der Waals surface area contributed by atoms with Crippen LogP contribution in [0.15, 0.2) is 46.0 Å². The lowest BCUT2D eigenvalue weighted by molar-refractivity contribution is -0.141. The highest BCUT2D eigenvalue weighted by atomic mass is 19.4. The van der Waals surface area contributed by atoms with Gasteiger partial charge in [-0.15, -0.1) is 0 Å². The fraction of sp³-hybridized carbons (Fsp3) is 0.188. The highest BCUT2D eigenvalue weighted by molar-refractivity contribution is 5.74. The minimum Gasteiger partial charge on any atom is -0.280 e. The molecule has 0 atom stereocenters. The van der Waals surface area contributed by atoms with Gasteiger partial charge in [0.15, 0.2) is 0 Å². The second-order valence-electron chi connectivity index (χ2n) is 5.43. The van der Waals surface area contributed by atoms with Crippen LogP contribution in [0.25, 0.3) is 11.0 Å². The minimum absolute atomic E-state index is 0.133. The Hall–Kier alpha value is -2.97. The SMILES string of the molecule is Cn1c(=O)n(Cc2cccc(F)c2)c(=O)c2ccc(C(F)(F)F)nc21. The number of hydrogen-bond donors (Lipinski definition) is 0. The number of pyridine rings is 1. The van der Waals surface area contributed by atoms with Crippen LogP contribution in [0.3, 0.4) is 0 Å². The lowest BCUT2D eigenvalue weighted by Crippen LogP contribution is -2.39. The van der Waals surface area contributed by atoms with Gasteiger partial charge in [0.2, 0.25) is 0 Å². The molecule has 25 heavy (non-hydrogen) atoms. The molecule has 0 aliphatic carbocycles. The van der Waals surface area contributed by atoms with Crippen molar-refractivity contribution in [3.8, 4) is 0 Å². The first-order valence-electron chi connectivity index (χ1n) is 7.10. The van der Waals surface area contributed by atoms with Gasteiger partial charge in [0, 0.05) is 7.05 Å². The molecule has 2 heterocycles. The van der Waals surface area contributed by atoms with Gasteiger partial charge in [-0.3, -0.25) is 13.9 Å². The van der Waals surface area contributed by atoms with Gasteiger partial charge in [-0.2, -0.15) is 13.2 Å². The van der Waals surface area contributed by atoms with E-state index in [1.807, 2.05) is 0 Å². The molecule has 0 bridgehead atoms. The summed E-state index contributed by atoms with van der Waals surface area (Å²) < 4.78 is 53.3. The molecular formula is C16H11F4N3O2. The van der Waals surface area contributed by atoms with Crippen LogP contribution in [-0.2, 0) is 19.8 Å². The molecule has 0 aliphatic heterocycles. The van der Waals surface area contributed by atoms with Crippen molar-refractivity contribution in [1.29, 1.82) is 0 Å². The van der Waals surface area contributed by atoms with Crippen LogP contribution in [0.5, 0.6) is 0 Å². The third-order valence-corrected chi connectivity index (χ3v) is 3.71. The monoisotopic (exact) mass is 353 g/mol. The molecule has 1 aromatic carbocycles. The number of fused-ring (bicyclic) bond motifs is 1. The summed E-state index contributed by atoms with van der Waals surface area (Å²) in [5.41, 5.74) is -2.81. The highest BCUT2D eigenvalue weighted by Gasteiger charge is 2.33. The average Bonchev–Trinajstić information content (AvgIpc) is 2.55. The average molecular weight is 353 g/mol. The third-order valence-electron chi connectivity index (χ3n) is 3.71. The standard InChI is InChI=1S/C16H11F4N3O2/c1-22-13-11(5-6-12(21-13)16(18,19)20)14(24)23(15(22)25)8-9-3-2-4-10(17)7-9/h2-7H,8H2,1H3. The summed E-state index contributed by atoms with van der Waals surface area (Å²) in [5.74, 6) is -0.528. The number of aryl methyl sites for hydroxylation is 1. The summed E-state index contributed by atoms with van der Waals surface area (Å²) in [6.45, 7) is -0.208. The summed E-state index contributed by atoms with van der Waals surface area (Å²) in [6.07, 6.45) is -4.69. The Morgan fingerprint density at radius 1 is 1.12 bits per heavy atom. The van der Waals surface area contributed by atoms with Crippen molar-refractivity contribution in [2.45, 2.75) is 12.7 Å². The van der Waals surface area contributed by atoms with Crippen LogP contribution in [0.4, 0.5) is 17.6 Å². The molecule has 130 valence electrons.